The van der Waals surface area contributed by atoms with Crippen molar-refractivity contribution in [2.75, 3.05) is 36.6 Å². The highest BCUT2D eigenvalue weighted by atomic mass is 19.4. The van der Waals surface area contributed by atoms with Crippen LogP contribution < -0.4 is 10.3 Å². The van der Waals surface area contributed by atoms with Crippen LogP contribution in [0.1, 0.15) is 16.7 Å². The number of nitro groups is 1. The summed E-state index contributed by atoms with van der Waals surface area (Å²) in [4.78, 5) is 12.4. The molecule has 10 heteroatoms. The van der Waals surface area contributed by atoms with Crippen LogP contribution >= 0.6 is 0 Å². The molecule has 154 valence electrons. The van der Waals surface area contributed by atoms with Gasteiger partial charge in [0.25, 0.3) is 5.69 Å². The molecule has 2 aromatic carbocycles. The molecule has 29 heavy (non-hydrogen) atoms. The zero-order valence-corrected chi connectivity index (χ0v) is 15.6. The fraction of sp³-hybridized carbons (Fsp3) is 0.316. The second-order valence-electron chi connectivity index (χ2n) is 6.50. The van der Waals surface area contributed by atoms with E-state index in [4.69, 9.17) is 4.74 Å². The Morgan fingerprint density at radius 3 is 2.55 bits per heavy atom. The maximum Gasteiger partial charge on any atom is 0.416 e. The molecule has 1 N–H and O–H groups in total. The van der Waals surface area contributed by atoms with E-state index in [2.05, 4.69) is 15.4 Å². The molecule has 0 spiro atoms. The zero-order chi connectivity index (χ0) is 21.0. The third-order valence-electron chi connectivity index (χ3n) is 4.49. The van der Waals surface area contributed by atoms with Gasteiger partial charge in [-0.3, -0.25) is 15.5 Å². The van der Waals surface area contributed by atoms with Crippen LogP contribution in [0.2, 0.25) is 0 Å². The van der Waals surface area contributed by atoms with Crippen molar-refractivity contribution in [2.24, 2.45) is 5.10 Å². The molecule has 1 aliphatic rings. The van der Waals surface area contributed by atoms with Crippen LogP contribution in [0.5, 0.6) is 0 Å². The highest BCUT2D eigenvalue weighted by molar-refractivity contribution is 5.82. The first-order valence-electron chi connectivity index (χ1n) is 8.84. The lowest BCUT2D eigenvalue weighted by atomic mass is 10.1. The highest BCUT2D eigenvalue weighted by Gasteiger charge is 2.33. The lowest BCUT2D eigenvalue weighted by Crippen LogP contribution is -2.36. The largest absolute Gasteiger partial charge is 0.416 e. The fourth-order valence-corrected chi connectivity index (χ4v) is 3.05. The minimum Gasteiger partial charge on any atom is -0.378 e. The van der Waals surface area contributed by atoms with Gasteiger partial charge in [-0.15, -0.1) is 0 Å². The van der Waals surface area contributed by atoms with E-state index in [9.17, 15) is 23.3 Å². The highest BCUT2D eigenvalue weighted by Crippen LogP contribution is 2.35. The van der Waals surface area contributed by atoms with Crippen molar-refractivity contribution >= 4 is 23.3 Å². The van der Waals surface area contributed by atoms with Crippen LogP contribution in [-0.2, 0) is 10.9 Å². The molecule has 0 saturated carbocycles. The van der Waals surface area contributed by atoms with Crippen LogP contribution in [0.4, 0.5) is 30.2 Å². The van der Waals surface area contributed by atoms with Gasteiger partial charge < -0.3 is 9.64 Å². The molecule has 1 heterocycles. The number of halogens is 3. The summed E-state index contributed by atoms with van der Waals surface area (Å²) in [7, 11) is 0. The van der Waals surface area contributed by atoms with Gasteiger partial charge >= 0.3 is 6.18 Å². The Labute approximate surface area is 164 Å². The predicted octanol–water partition coefficient (Wildman–Crippen LogP) is 4.20. The lowest BCUT2D eigenvalue weighted by Gasteiger charge is -2.30. The van der Waals surface area contributed by atoms with Crippen molar-refractivity contribution in [3.8, 4) is 0 Å². The number of benzene rings is 2. The fourth-order valence-electron chi connectivity index (χ4n) is 3.05. The van der Waals surface area contributed by atoms with Crippen molar-refractivity contribution in [2.45, 2.75) is 13.1 Å². The minimum atomic E-state index is -4.66. The van der Waals surface area contributed by atoms with Gasteiger partial charge in [0.05, 0.1) is 29.9 Å². The number of nitro benzene ring substituents is 1. The monoisotopic (exact) mass is 408 g/mol. The zero-order valence-electron chi connectivity index (χ0n) is 15.6. The van der Waals surface area contributed by atoms with Crippen LogP contribution in [-0.4, -0.2) is 37.4 Å². The summed E-state index contributed by atoms with van der Waals surface area (Å²) >= 11 is 0. The summed E-state index contributed by atoms with van der Waals surface area (Å²) in [6, 6.07) is 7.97. The Morgan fingerprint density at radius 2 is 1.93 bits per heavy atom. The molecule has 0 aliphatic carbocycles. The Morgan fingerprint density at radius 1 is 1.21 bits per heavy atom. The van der Waals surface area contributed by atoms with Crippen molar-refractivity contribution in [3.63, 3.8) is 0 Å². The van der Waals surface area contributed by atoms with E-state index < -0.39 is 22.4 Å². The number of hydrogen-bond acceptors (Lipinski definition) is 6. The predicted molar refractivity (Wildman–Crippen MR) is 104 cm³/mol. The summed E-state index contributed by atoms with van der Waals surface area (Å²) < 4.78 is 43.6. The van der Waals surface area contributed by atoms with E-state index in [1.807, 2.05) is 25.1 Å². The van der Waals surface area contributed by atoms with Crippen molar-refractivity contribution < 1.29 is 22.8 Å². The SMILES string of the molecule is Cc1cc(/C=N\Nc2ccc(C(F)(F)F)cc2[N+](=O)[O-])ccc1N1CCOCC1. The van der Waals surface area contributed by atoms with Gasteiger partial charge in [-0.05, 0) is 42.3 Å². The van der Waals surface area contributed by atoms with Crippen molar-refractivity contribution in [1.82, 2.24) is 0 Å². The van der Waals surface area contributed by atoms with E-state index in [-0.39, 0.29) is 5.69 Å². The van der Waals surface area contributed by atoms with Gasteiger partial charge in [0.1, 0.15) is 5.69 Å². The van der Waals surface area contributed by atoms with Crippen molar-refractivity contribution in [3.05, 3.63) is 63.2 Å². The average Bonchev–Trinajstić information content (AvgIpc) is 2.68. The Kier molecular flexibility index (Phi) is 6.02. The Balaban J connectivity index is 1.74. The number of rotatable bonds is 5. The molecule has 0 bridgehead atoms. The van der Waals surface area contributed by atoms with Gasteiger partial charge in [0.2, 0.25) is 0 Å². The van der Waals surface area contributed by atoms with E-state index in [0.29, 0.717) is 19.3 Å². The summed E-state index contributed by atoms with van der Waals surface area (Å²) in [6.07, 6.45) is -3.20. The van der Waals surface area contributed by atoms with Crippen molar-refractivity contribution in [1.29, 1.82) is 0 Å². The molecular formula is C19H19F3N4O3. The molecule has 1 aliphatic heterocycles. The Hall–Kier alpha value is -3.14. The van der Waals surface area contributed by atoms with Crippen LogP contribution in [0.15, 0.2) is 41.5 Å². The number of aryl methyl sites for hydroxylation is 1. The van der Waals surface area contributed by atoms with E-state index in [1.54, 1.807) is 0 Å². The number of nitrogens with zero attached hydrogens (tertiary/aromatic N) is 3. The third kappa shape index (κ3) is 5.02. The van der Waals surface area contributed by atoms with Gasteiger partial charge in [-0.2, -0.15) is 18.3 Å². The molecule has 0 atom stereocenters. The first kappa shape index (κ1) is 20.6. The molecule has 1 saturated heterocycles. The molecule has 0 amide bonds. The first-order valence-corrected chi connectivity index (χ1v) is 8.84. The smallest absolute Gasteiger partial charge is 0.378 e. The normalized spacial score (nSPS) is 15.0. The van der Waals surface area contributed by atoms with E-state index in [0.717, 1.165) is 42.0 Å². The topological polar surface area (TPSA) is 80.0 Å². The summed E-state index contributed by atoms with van der Waals surface area (Å²) in [5, 5.41) is 15.0. The minimum absolute atomic E-state index is 0.124. The summed E-state index contributed by atoms with van der Waals surface area (Å²) in [5.41, 5.74) is 3.42. The summed E-state index contributed by atoms with van der Waals surface area (Å²) in [6.45, 7) is 4.95. The molecule has 3 rings (SSSR count). The van der Waals surface area contributed by atoms with Gasteiger partial charge in [0.15, 0.2) is 0 Å². The second kappa shape index (κ2) is 8.48. The van der Waals surface area contributed by atoms with E-state index in [1.165, 1.54) is 6.21 Å². The summed E-state index contributed by atoms with van der Waals surface area (Å²) in [5.74, 6) is 0. The Bertz CT molecular complexity index is 925. The van der Waals surface area contributed by atoms with Crippen LogP contribution in [0.3, 0.4) is 0 Å². The molecule has 7 nitrogen and oxygen atoms in total. The standard InChI is InChI=1S/C19H19F3N4O3/c1-13-10-14(2-5-17(13)25-6-8-29-9-7-25)12-23-24-16-4-3-15(19(20,21)22)11-18(16)26(27)28/h2-5,10-12,24H,6-9H2,1H3/b23-12-. The molecule has 1 fully saturated rings. The third-order valence-corrected chi connectivity index (χ3v) is 4.49. The van der Waals surface area contributed by atoms with Gasteiger partial charge in [-0.1, -0.05) is 6.07 Å². The van der Waals surface area contributed by atoms with Gasteiger partial charge in [-0.25, -0.2) is 0 Å². The average molecular weight is 408 g/mol. The molecule has 0 unspecified atom stereocenters. The second-order valence-corrected chi connectivity index (χ2v) is 6.50. The quantitative estimate of drug-likeness (QED) is 0.456. The van der Waals surface area contributed by atoms with Crippen LogP contribution in [0.25, 0.3) is 0 Å². The number of alkyl halides is 3. The number of hydrazone groups is 1. The molecule has 0 radical (unpaired) electrons. The lowest BCUT2D eigenvalue weighted by molar-refractivity contribution is -0.384. The number of ether oxygens (including phenoxy) is 1. The molecule has 0 aromatic heterocycles. The number of nitrogens with one attached hydrogen (secondary N) is 1. The van der Waals surface area contributed by atoms with Crippen LogP contribution in [0, 0.1) is 17.0 Å². The number of anilines is 2. The molecule has 2 aromatic rings. The van der Waals surface area contributed by atoms with E-state index >= 15 is 0 Å². The number of morpholine rings is 1. The maximum atomic E-state index is 12.8. The first-order chi connectivity index (χ1) is 13.8. The van der Waals surface area contributed by atoms with Gasteiger partial charge in [0, 0.05) is 24.8 Å². The maximum absolute atomic E-state index is 12.8. The number of hydrogen-bond donors (Lipinski definition) is 1. The molecular weight excluding hydrogens is 389 g/mol.